The highest BCUT2D eigenvalue weighted by molar-refractivity contribution is 6.00. The first-order valence-corrected chi connectivity index (χ1v) is 21.2. The number of carbonyl (C=O) groups excluding carboxylic acids is 6. The van der Waals surface area contributed by atoms with Crippen molar-refractivity contribution in [3.8, 4) is 22.8 Å². The van der Waals surface area contributed by atoms with Gasteiger partial charge < -0.3 is 44.4 Å². The number of carboxylic acids is 1. The number of ether oxygens (including phenoxy) is 2. The zero-order valence-corrected chi connectivity index (χ0v) is 36.3. The van der Waals surface area contributed by atoms with Gasteiger partial charge in [-0.1, -0.05) is 69.5 Å². The summed E-state index contributed by atoms with van der Waals surface area (Å²) in [5.41, 5.74) is 2.08. The fourth-order valence-electron chi connectivity index (χ4n) is 6.87. The minimum Gasteiger partial charge on any atom is -0.493 e. The highest BCUT2D eigenvalue weighted by Gasteiger charge is 2.34. The number of aliphatic carboxylic acids is 1. The lowest BCUT2D eigenvalue weighted by molar-refractivity contribution is -0.171. The van der Waals surface area contributed by atoms with Crippen molar-refractivity contribution in [2.45, 2.75) is 78.0 Å². The highest BCUT2D eigenvalue weighted by Crippen LogP contribution is 2.30. The second kappa shape index (κ2) is 24.2. The van der Waals surface area contributed by atoms with E-state index in [4.69, 9.17) is 18.7 Å². The highest BCUT2D eigenvalue weighted by atomic mass is 16.7. The van der Waals surface area contributed by atoms with E-state index in [0.29, 0.717) is 30.4 Å². The van der Waals surface area contributed by atoms with Crippen LogP contribution in [0.15, 0.2) is 108 Å². The van der Waals surface area contributed by atoms with Gasteiger partial charge in [-0.25, -0.2) is 14.6 Å². The van der Waals surface area contributed by atoms with Crippen molar-refractivity contribution in [2.24, 2.45) is 5.92 Å². The maximum atomic E-state index is 13.7. The van der Waals surface area contributed by atoms with Crippen molar-refractivity contribution in [2.75, 3.05) is 13.3 Å². The normalized spacial score (nSPS) is 12.2. The SMILES string of the molecule is CCCCC[C@@H](C(=O)NCNC(=O)c1ccc(-c2ccc(C(=O)N[C@@H](CC(=O)O)C(=O)OCc3ccccc3)c(OCC)c2)o1)[C@@H](CC)N(C=O)OC(=O)c1ccc(-n2ccnc2)cc1. The van der Waals surface area contributed by atoms with Gasteiger partial charge in [-0.2, -0.15) is 5.06 Å². The molecule has 0 saturated heterocycles. The molecule has 5 aromatic rings. The predicted octanol–water partition coefficient (Wildman–Crippen LogP) is 5.86. The number of benzene rings is 3. The molecule has 0 aliphatic heterocycles. The van der Waals surface area contributed by atoms with Crippen LogP contribution in [0.3, 0.4) is 0 Å². The molecule has 0 bridgehead atoms. The fraction of sp³-hybridized carbons (Fsp3) is 0.319. The second-order valence-electron chi connectivity index (χ2n) is 14.7. The predicted molar refractivity (Wildman–Crippen MR) is 234 cm³/mol. The van der Waals surface area contributed by atoms with Gasteiger partial charge in [0.25, 0.3) is 11.8 Å². The molecule has 65 heavy (non-hydrogen) atoms. The van der Waals surface area contributed by atoms with E-state index in [9.17, 15) is 38.7 Å². The average Bonchev–Trinajstić information content (AvgIpc) is 4.04. The third-order valence-electron chi connectivity index (χ3n) is 10.2. The summed E-state index contributed by atoms with van der Waals surface area (Å²) < 4.78 is 18.6. The molecule has 0 saturated carbocycles. The molecule has 342 valence electrons. The van der Waals surface area contributed by atoms with Crippen molar-refractivity contribution >= 4 is 42.0 Å². The Morgan fingerprint density at radius 1 is 0.908 bits per heavy atom. The number of hydrogen-bond donors (Lipinski definition) is 4. The van der Waals surface area contributed by atoms with E-state index in [1.165, 1.54) is 30.3 Å². The van der Waals surface area contributed by atoms with Crippen LogP contribution in [-0.2, 0) is 35.4 Å². The number of imidazole rings is 1. The van der Waals surface area contributed by atoms with Crippen LogP contribution in [0.4, 0.5) is 0 Å². The van der Waals surface area contributed by atoms with Gasteiger partial charge in [-0.05, 0) is 73.9 Å². The first kappa shape index (κ1) is 48.3. The smallest absolute Gasteiger partial charge is 0.363 e. The van der Waals surface area contributed by atoms with Crippen LogP contribution in [0.5, 0.6) is 5.75 Å². The van der Waals surface area contributed by atoms with Gasteiger partial charge >= 0.3 is 17.9 Å². The molecular formula is C47H52N6O12. The van der Waals surface area contributed by atoms with Crippen molar-refractivity contribution in [1.29, 1.82) is 0 Å². The Morgan fingerprint density at radius 3 is 2.34 bits per heavy atom. The molecule has 2 aromatic heterocycles. The Labute approximate surface area is 375 Å². The third kappa shape index (κ3) is 13.6. The lowest BCUT2D eigenvalue weighted by atomic mass is 9.90. The van der Waals surface area contributed by atoms with Crippen LogP contribution >= 0.6 is 0 Å². The van der Waals surface area contributed by atoms with Crippen LogP contribution in [0.25, 0.3) is 17.0 Å². The largest absolute Gasteiger partial charge is 0.493 e. The van der Waals surface area contributed by atoms with Crippen LogP contribution < -0.4 is 20.7 Å². The molecule has 18 heteroatoms. The van der Waals surface area contributed by atoms with Crippen LogP contribution in [0.1, 0.15) is 96.1 Å². The van der Waals surface area contributed by atoms with Crippen molar-refractivity contribution in [3.05, 3.63) is 126 Å². The number of amides is 4. The molecule has 4 N–H and O–H groups in total. The van der Waals surface area contributed by atoms with E-state index in [0.717, 1.165) is 23.6 Å². The number of aromatic nitrogens is 2. The number of rotatable bonds is 25. The second-order valence-corrected chi connectivity index (χ2v) is 14.7. The molecular weight excluding hydrogens is 841 g/mol. The maximum Gasteiger partial charge on any atom is 0.363 e. The van der Waals surface area contributed by atoms with E-state index in [-0.39, 0.29) is 54.7 Å². The fourth-order valence-corrected chi connectivity index (χ4v) is 6.87. The average molecular weight is 893 g/mol. The van der Waals surface area contributed by atoms with Crippen LogP contribution in [-0.4, -0.2) is 87.1 Å². The number of nitrogens with one attached hydrogen (secondary N) is 3. The van der Waals surface area contributed by atoms with Crippen LogP contribution in [0.2, 0.25) is 0 Å². The lowest BCUT2D eigenvalue weighted by Crippen LogP contribution is -2.49. The minimum atomic E-state index is -1.49. The molecule has 0 unspecified atom stereocenters. The molecule has 3 atom stereocenters. The summed E-state index contributed by atoms with van der Waals surface area (Å²) in [5.74, 6) is -5.48. The Bertz CT molecular complexity index is 2380. The number of unbranched alkanes of at least 4 members (excludes halogenated alkanes) is 2. The molecule has 0 aliphatic rings. The number of carboxylic acid groups (broad SMARTS) is 1. The topological polar surface area (TPSA) is 238 Å². The van der Waals surface area contributed by atoms with Gasteiger partial charge in [0.2, 0.25) is 12.3 Å². The standard InChI is InChI=1S/C47H52N6O12/c1-4-7-9-14-35(38(5-2)53(30-54)65-46(60)32-15-18-34(19-16-32)52-24-23-48-29-52)43(57)49-28-50-45(59)40-22-21-39(64-40)33-17-20-36(41(25-33)62-6-3)44(58)51-37(26-42(55)56)47(61)63-27-31-12-10-8-11-13-31/h8,10-13,15-25,29-30,35,37-38H,4-7,9,14,26-28H2,1-3H3,(H,49,57)(H,50,59)(H,51,58)(H,55,56)/t35-,37+,38-/m1/s1. The van der Waals surface area contributed by atoms with Gasteiger partial charge in [-0.15, -0.1) is 0 Å². The quantitative estimate of drug-likeness (QED) is 0.0177. The molecule has 0 spiro atoms. The first-order valence-electron chi connectivity index (χ1n) is 21.2. The number of carbonyl (C=O) groups is 7. The van der Waals surface area contributed by atoms with Crippen molar-refractivity contribution in [1.82, 2.24) is 30.6 Å². The van der Waals surface area contributed by atoms with Gasteiger partial charge in [0.05, 0.1) is 49.1 Å². The summed E-state index contributed by atoms with van der Waals surface area (Å²) in [4.78, 5) is 99.7. The van der Waals surface area contributed by atoms with E-state index in [1.54, 1.807) is 91.7 Å². The number of hydroxylamine groups is 2. The van der Waals surface area contributed by atoms with Crippen molar-refractivity contribution in [3.63, 3.8) is 0 Å². The summed E-state index contributed by atoms with van der Waals surface area (Å²) in [5, 5.41) is 18.1. The summed E-state index contributed by atoms with van der Waals surface area (Å²) in [7, 11) is 0. The van der Waals surface area contributed by atoms with Crippen LogP contribution in [0, 0.1) is 5.92 Å². The molecule has 18 nitrogen and oxygen atoms in total. The Balaban J connectivity index is 1.20. The number of furan rings is 1. The Kier molecular flexibility index (Phi) is 18.0. The monoisotopic (exact) mass is 892 g/mol. The van der Waals surface area contributed by atoms with E-state index < -0.39 is 60.1 Å². The van der Waals surface area contributed by atoms with E-state index in [2.05, 4.69) is 20.9 Å². The number of esters is 1. The molecule has 0 aliphatic carbocycles. The van der Waals surface area contributed by atoms with Gasteiger partial charge in [0.1, 0.15) is 24.2 Å². The van der Waals surface area contributed by atoms with Gasteiger partial charge in [0, 0.05) is 23.6 Å². The Hall–Kier alpha value is -7.76. The zero-order chi connectivity index (χ0) is 46.7. The van der Waals surface area contributed by atoms with E-state index in [1.807, 2.05) is 6.92 Å². The summed E-state index contributed by atoms with van der Waals surface area (Å²) >= 11 is 0. The number of hydrogen-bond acceptors (Lipinski definition) is 12. The van der Waals surface area contributed by atoms with Gasteiger partial charge in [-0.3, -0.25) is 24.0 Å². The maximum absolute atomic E-state index is 13.7. The molecule has 3 aromatic carbocycles. The number of nitrogens with zero attached hydrogens (tertiary/aromatic N) is 3. The summed E-state index contributed by atoms with van der Waals surface area (Å²) in [6.45, 7) is 5.23. The molecule has 2 heterocycles. The zero-order valence-electron chi connectivity index (χ0n) is 36.3. The van der Waals surface area contributed by atoms with Crippen molar-refractivity contribution < 1.29 is 57.4 Å². The minimum absolute atomic E-state index is 0.00614. The third-order valence-corrected chi connectivity index (χ3v) is 10.2. The molecule has 4 amide bonds. The van der Waals surface area contributed by atoms with E-state index >= 15 is 0 Å². The molecule has 5 rings (SSSR count). The van der Waals surface area contributed by atoms with Gasteiger partial charge in [0.15, 0.2) is 5.76 Å². The summed E-state index contributed by atoms with van der Waals surface area (Å²) in [6, 6.07) is 20.4. The summed E-state index contributed by atoms with van der Waals surface area (Å²) in [6.07, 6.45) is 7.68. The molecule has 0 radical (unpaired) electrons. The molecule has 0 fully saturated rings. The first-order chi connectivity index (χ1) is 31.5. The lowest BCUT2D eigenvalue weighted by Gasteiger charge is -2.31. The Morgan fingerprint density at radius 2 is 1.68 bits per heavy atom.